The zero-order valence-electron chi connectivity index (χ0n) is 10.6. The average molecular weight is 242 g/mol. The first-order chi connectivity index (χ1) is 8.72. The van der Waals surface area contributed by atoms with Gasteiger partial charge >= 0.3 is 0 Å². The molecule has 0 saturated heterocycles. The SMILES string of the molecule is CC1CC(NCc2cc3ccccc3[nH]c2=O)C1. The van der Waals surface area contributed by atoms with E-state index >= 15 is 0 Å². The van der Waals surface area contributed by atoms with Crippen molar-refractivity contribution in [3.63, 3.8) is 0 Å². The number of hydrogen-bond donors (Lipinski definition) is 2. The van der Waals surface area contributed by atoms with Crippen LogP contribution in [0.2, 0.25) is 0 Å². The number of para-hydroxylation sites is 1. The maximum absolute atomic E-state index is 11.9. The Hall–Kier alpha value is -1.61. The predicted octanol–water partition coefficient (Wildman–Crippen LogP) is 2.42. The Morgan fingerprint density at radius 3 is 2.89 bits per heavy atom. The van der Waals surface area contributed by atoms with Gasteiger partial charge in [0.1, 0.15) is 0 Å². The van der Waals surface area contributed by atoms with Gasteiger partial charge in [-0.1, -0.05) is 25.1 Å². The van der Waals surface area contributed by atoms with Gasteiger partial charge in [-0.25, -0.2) is 0 Å². The molecule has 18 heavy (non-hydrogen) atoms. The average Bonchev–Trinajstić information content (AvgIpc) is 2.33. The predicted molar refractivity (Wildman–Crippen MR) is 73.6 cm³/mol. The van der Waals surface area contributed by atoms with Gasteiger partial charge < -0.3 is 10.3 Å². The number of pyridine rings is 1. The van der Waals surface area contributed by atoms with E-state index in [-0.39, 0.29) is 5.56 Å². The largest absolute Gasteiger partial charge is 0.322 e. The number of nitrogens with one attached hydrogen (secondary N) is 2. The Labute approximate surface area is 106 Å². The minimum atomic E-state index is 0.0218. The van der Waals surface area contributed by atoms with Crippen LogP contribution >= 0.6 is 0 Å². The zero-order valence-corrected chi connectivity index (χ0v) is 10.6. The number of H-pyrrole nitrogens is 1. The molecule has 0 aliphatic heterocycles. The number of benzene rings is 1. The Morgan fingerprint density at radius 1 is 1.33 bits per heavy atom. The molecule has 0 unspecified atom stereocenters. The number of hydrogen-bond acceptors (Lipinski definition) is 2. The van der Waals surface area contributed by atoms with Gasteiger partial charge in [-0.2, -0.15) is 0 Å². The fourth-order valence-electron chi connectivity index (χ4n) is 2.65. The first-order valence-electron chi connectivity index (χ1n) is 6.56. The normalized spacial score (nSPS) is 22.9. The zero-order chi connectivity index (χ0) is 12.5. The van der Waals surface area contributed by atoms with Crippen LogP contribution in [0, 0.1) is 5.92 Å². The van der Waals surface area contributed by atoms with Gasteiger partial charge in [0.2, 0.25) is 0 Å². The van der Waals surface area contributed by atoms with Crippen LogP contribution in [-0.2, 0) is 6.54 Å². The van der Waals surface area contributed by atoms with Crippen molar-refractivity contribution < 1.29 is 0 Å². The molecule has 3 nitrogen and oxygen atoms in total. The standard InChI is InChI=1S/C15H18N2O/c1-10-6-13(7-10)16-9-12-8-11-4-2-3-5-14(11)17-15(12)18/h2-5,8,10,13,16H,6-7,9H2,1H3,(H,17,18). The molecule has 1 aliphatic rings. The third-order valence-corrected chi connectivity index (χ3v) is 3.79. The molecular formula is C15H18N2O. The van der Waals surface area contributed by atoms with Crippen LogP contribution in [-0.4, -0.2) is 11.0 Å². The Bertz CT molecular complexity index is 611. The van der Waals surface area contributed by atoms with E-state index in [1.807, 2.05) is 30.3 Å². The molecule has 2 aromatic rings. The minimum absolute atomic E-state index is 0.0218. The second-order valence-corrected chi connectivity index (χ2v) is 5.37. The molecule has 1 heterocycles. The van der Waals surface area contributed by atoms with Gasteiger partial charge in [-0.15, -0.1) is 0 Å². The van der Waals surface area contributed by atoms with E-state index in [9.17, 15) is 4.79 Å². The first-order valence-corrected chi connectivity index (χ1v) is 6.56. The molecule has 1 aliphatic carbocycles. The van der Waals surface area contributed by atoms with Crippen molar-refractivity contribution in [1.82, 2.24) is 10.3 Å². The molecule has 1 fully saturated rings. The molecule has 3 rings (SSSR count). The quantitative estimate of drug-likeness (QED) is 0.868. The van der Waals surface area contributed by atoms with E-state index in [0.29, 0.717) is 12.6 Å². The van der Waals surface area contributed by atoms with Crippen molar-refractivity contribution in [1.29, 1.82) is 0 Å². The number of aromatic nitrogens is 1. The number of rotatable bonds is 3. The highest BCUT2D eigenvalue weighted by atomic mass is 16.1. The van der Waals surface area contributed by atoms with Crippen LogP contribution in [0.1, 0.15) is 25.3 Å². The summed E-state index contributed by atoms with van der Waals surface area (Å²) in [7, 11) is 0. The summed E-state index contributed by atoms with van der Waals surface area (Å²) in [6, 6.07) is 10.5. The molecule has 0 spiro atoms. The lowest BCUT2D eigenvalue weighted by atomic mass is 9.82. The van der Waals surface area contributed by atoms with Gasteiger partial charge in [0.25, 0.3) is 5.56 Å². The molecular weight excluding hydrogens is 224 g/mol. The van der Waals surface area contributed by atoms with Crippen LogP contribution in [0.25, 0.3) is 10.9 Å². The maximum atomic E-state index is 11.9. The van der Waals surface area contributed by atoms with Crippen LogP contribution in [0.5, 0.6) is 0 Å². The second-order valence-electron chi connectivity index (χ2n) is 5.37. The third kappa shape index (κ3) is 2.18. The lowest BCUT2D eigenvalue weighted by Gasteiger charge is -2.33. The lowest BCUT2D eigenvalue weighted by Crippen LogP contribution is -2.40. The van der Waals surface area contributed by atoms with Crippen molar-refractivity contribution in [2.24, 2.45) is 5.92 Å². The van der Waals surface area contributed by atoms with E-state index in [4.69, 9.17) is 0 Å². The molecule has 2 N–H and O–H groups in total. The smallest absolute Gasteiger partial charge is 0.252 e. The number of aromatic amines is 1. The molecule has 0 radical (unpaired) electrons. The topological polar surface area (TPSA) is 44.9 Å². The summed E-state index contributed by atoms with van der Waals surface area (Å²) in [6.07, 6.45) is 2.46. The summed E-state index contributed by atoms with van der Waals surface area (Å²) in [5, 5.41) is 4.54. The molecule has 3 heteroatoms. The van der Waals surface area contributed by atoms with E-state index in [1.54, 1.807) is 0 Å². The Kier molecular flexibility index (Phi) is 2.92. The summed E-state index contributed by atoms with van der Waals surface area (Å²) in [5.74, 6) is 0.831. The van der Waals surface area contributed by atoms with Gasteiger partial charge in [0.05, 0.1) is 0 Å². The van der Waals surface area contributed by atoms with Crippen LogP contribution in [0.15, 0.2) is 35.1 Å². The van der Waals surface area contributed by atoms with E-state index in [1.165, 1.54) is 12.8 Å². The fraction of sp³-hybridized carbons (Fsp3) is 0.400. The fourth-order valence-corrected chi connectivity index (χ4v) is 2.65. The molecule has 1 aromatic carbocycles. The molecule has 1 aromatic heterocycles. The summed E-state index contributed by atoms with van der Waals surface area (Å²) in [6.45, 7) is 2.93. The molecule has 0 bridgehead atoms. The lowest BCUT2D eigenvalue weighted by molar-refractivity contribution is 0.240. The van der Waals surface area contributed by atoms with Gasteiger partial charge in [0, 0.05) is 23.7 Å². The van der Waals surface area contributed by atoms with Crippen molar-refractivity contribution >= 4 is 10.9 Å². The first kappa shape index (κ1) is 11.5. The second kappa shape index (κ2) is 4.58. The molecule has 1 saturated carbocycles. The summed E-state index contributed by atoms with van der Waals surface area (Å²) >= 11 is 0. The van der Waals surface area contributed by atoms with Crippen molar-refractivity contribution in [2.45, 2.75) is 32.4 Å². The van der Waals surface area contributed by atoms with Crippen molar-refractivity contribution in [3.8, 4) is 0 Å². The Balaban J connectivity index is 1.79. The number of fused-ring (bicyclic) bond motifs is 1. The maximum Gasteiger partial charge on any atom is 0.252 e. The highest BCUT2D eigenvalue weighted by Crippen LogP contribution is 2.26. The van der Waals surface area contributed by atoms with Crippen molar-refractivity contribution in [3.05, 3.63) is 46.2 Å². The minimum Gasteiger partial charge on any atom is -0.322 e. The monoisotopic (exact) mass is 242 g/mol. The summed E-state index contributed by atoms with van der Waals surface area (Å²) in [4.78, 5) is 14.9. The Morgan fingerprint density at radius 2 is 2.11 bits per heavy atom. The van der Waals surface area contributed by atoms with Crippen LogP contribution < -0.4 is 10.9 Å². The highest BCUT2D eigenvalue weighted by Gasteiger charge is 2.24. The van der Waals surface area contributed by atoms with Crippen LogP contribution in [0.4, 0.5) is 0 Å². The van der Waals surface area contributed by atoms with E-state index < -0.39 is 0 Å². The highest BCUT2D eigenvalue weighted by molar-refractivity contribution is 5.78. The molecule has 94 valence electrons. The molecule has 0 amide bonds. The molecule has 0 atom stereocenters. The van der Waals surface area contributed by atoms with Gasteiger partial charge in [-0.3, -0.25) is 4.79 Å². The van der Waals surface area contributed by atoms with E-state index in [2.05, 4.69) is 17.2 Å². The van der Waals surface area contributed by atoms with Gasteiger partial charge in [0.15, 0.2) is 0 Å². The summed E-state index contributed by atoms with van der Waals surface area (Å²) in [5.41, 5.74) is 1.75. The summed E-state index contributed by atoms with van der Waals surface area (Å²) < 4.78 is 0. The van der Waals surface area contributed by atoms with Crippen LogP contribution in [0.3, 0.4) is 0 Å². The third-order valence-electron chi connectivity index (χ3n) is 3.79. The van der Waals surface area contributed by atoms with E-state index in [0.717, 1.165) is 22.4 Å². The van der Waals surface area contributed by atoms with Crippen molar-refractivity contribution in [2.75, 3.05) is 0 Å². The van der Waals surface area contributed by atoms with Gasteiger partial charge in [-0.05, 0) is 36.3 Å².